The molecule has 0 aliphatic heterocycles. The second-order valence-corrected chi connectivity index (χ2v) is 3.21. The van der Waals surface area contributed by atoms with Gasteiger partial charge in [-0.05, 0) is 23.6 Å². The van der Waals surface area contributed by atoms with Gasteiger partial charge in [0.25, 0.3) is 0 Å². The summed E-state index contributed by atoms with van der Waals surface area (Å²) >= 11 is 0. The Morgan fingerprint density at radius 3 is 2.47 bits per heavy atom. The van der Waals surface area contributed by atoms with E-state index in [0.29, 0.717) is 0 Å². The van der Waals surface area contributed by atoms with E-state index in [1.165, 1.54) is 13.2 Å². The molecule has 3 nitrogen and oxygen atoms in total. The lowest BCUT2D eigenvalue weighted by atomic mass is 10.1. The maximum Gasteiger partial charge on any atom is 0.330 e. The van der Waals surface area contributed by atoms with Crippen molar-refractivity contribution in [2.24, 2.45) is 0 Å². The Morgan fingerprint density at radius 2 is 2.00 bits per heavy atom. The minimum absolute atomic E-state index is 0.0278. The monoisotopic (exact) mass is 206 g/mol. The Labute approximate surface area is 89.0 Å². The normalized spacial score (nSPS) is 11.3. The van der Waals surface area contributed by atoms with Gasteiger partial charge in [0.1, 0.15) is 0 Å². The molecule has 0 spiro atoms. The number of hydrogen-bond acceptors (Lipinski definition) is 3. The maximum atomic E-state index is 11.0. The topological polar surface area (TPSA) is 46.5 Å². The smallest absolute Gasteiger partial charge is 0.330 e. The van der Waals surface area contributed by atoms with Gasteiger partial charge in [0, 0.05) is 6.08 Å². The summed E-state index contributed by atoms with van der Waals surface area (Å²) in [5, 5.41) is 8.86. The van der Waals surface area contributed by atoms with Crippen LogP contribution in [0, 0.1) is 0 Å². The van der Waals surface area contributed by atoms with Crippen LogP contribution in [0.5, 0.6) is 0 Å². The van der Waals surface area contributed by atoms with Gasteiger partial charge in [0.05, 0.1) is 13.7 Å². The van der Waals surface area contributed by atoms with Crippen LogP contribution in [0.3, 0.4) is 0 Å². The Bertz CT molecular complexity index is 363. The molecule has 0 heterocycles. The van der Waals surface area contributed by atoms with Crippen molar-refractivity contribution in [3.05, 3.63) is 41.5 Å². The van der Waals surface area contributed by atoms with E-state index in [-0.39, 0.29) is 12.6 Å². The molecule has 80 valence electrons. The predicted molar refractivity (Wildman–Crippen MR) is 58.0 cm³/mol. The summed E-state index contributed by atoms with van der Waals surface area (Å²) < 4.78 is 4.53. The third-order valence-electron chi connectivity index (χ3n) is 2.13. The van der Waals surface area contributed by atoms with E-state index in [2.05, 4.69) is 4.74 Å². The highest BCUT2D eigenvalue weighted by atomic mass is 16.5. The summed E-state index contributed by atoms with van der Waals surface area (Å²) in [6, 6.07) is 7.37. The third kappa shape index (κ3) is 3.22. The Kier molecular flexibility index (Phi) is 4.06. The molecule has 1 aromatic rings. The number of ether oxygens (including phenoxy) is 1. The summed E-state index contributed by atoms with van der Waals surface area (Å²) in [5.74, 6) is -0.362. The molecule has 0 unspecified atom stereocenters. The molecule has 0 atom stereocenters. The summed E-state index contributed by atoms with van der Waals surface area (Å²) in [6.07, 6.45) is 1.44. The first-order valence-electron chi connectivity index (χ1n) is 4.63. The number of rotatable bonds is 3. The van der Waals surface area contributed by atoms with Crippen LogP contribution in [0.4, 0.5) is 0 Å². The first kappa shape index (κ1) is 11.5. The number of aliphatic hydroxyl groups is 1. The fourth-order valence-electron chi connectivity index (χ4n) is 1.19. The average molecular weight is 206 g/mol. The standard InChI is InChI=1S/C12H14O3/c1-9(7-12(14)15-2)11-5-3-10(8-13)4-6-11/h3-7,13H,8H2,1-2H3. The van der Waals surface area contributed by atoms with Gasteiger partial charge < -0.3 is 9.84 Å². The Hall–Kier alpha value is -1.61. The molecule has 1 aromatic carbocycles. The highest BCUT2D eigenvalue weighted by Gasteiger charge is 1.99. The molecule has 0 saturated heterocycles. The van der Waals surface area contributed by atoms with Crippen molar-refractivity contribution in [1.29, 1.82) is 0 Å². The molecule has 0 radical (unpaired) electrons. The van der Waals surface area contributed by atoms with Crippen molar-refractivity contribution in [3.8, 4) is 0 Å². The number of benzene rings is 1. The minimum atomic E-state index is -0.362. The van der Waals surface area contributed by atoms with E-state index in [0.717, 1.165) is 16.7 Å². The van der Waals surface area contributed by atoms with Crippen molar-refractivity contribution in [2.45, 2.75) is 13.5 Å². The molecule has 0 bridgehead atoms. The largest absolute Gasteiger partial charge is 0.466 e. The van der Waals surface area contributed by atoms with E-state index in [1.807, 2.05) is 31.2 Å². The van der Waals surface area contributed by atoms with Crippen LogP contribution in [0.15, 0.2) is 30.3 Å². The summed E-state index contributed by atoms with van der Waals surface area (Å²) in [6.45, 7) is 1.87. The highest BCUT2D eigenvalue weighted by molar-refractivity contribution is 5.90. The van der Waals surface area contributed by atoms with Crippen LogP contribution in [0.2, 0.25) is 0 Å². The van der Waals surface area contributed by atoms with Gasteiger partial charge >= 0.3 is 5.97 Å². The summed E-state index contributed by atoms with van der Waals surface area (Å²) in [7, 11) is 1.35. The lowest BCUT2D eigenvalue weighted by molar-refractivity contribution is -0.134. The molecule has 0 fully saturated rings. The molecule has 0 amide bonds. The molecule has 15 heavy (non-hydrogen) atoms. The van der Waals surface area contributed by atoms with E-state index < -0.39 is 0 Å². The van der Waals surface area contributed by atoms with E-state index in [4.69, 9.17) is 5.11 Å². The first-order chi connectivity index (χ1) is 7.17. The van der Waals surface area contributed by atoms with E-state index >= 15 is 0 Å². The van der Waals surface area contributed by atoms with Crippen LogP contribution in [-0.2, 0) is 16.1 Å². The number of carbonyl (C=O) groups is 1. The molecule has 1 N–H and O–H groups in total. The minimum Gasteiger partial charge on any atom is -0.466 e. The highest BCUT2D eigenvalue weighted by Crippen LogP contribution is 2.14. The lowest BCUT2D eigenvalue weighted by Crippen LogP contribution is -1.95. The van der Waals surface area contributed by atoms with Gasteiger partial charge in [0.2, 0.25) is 0 Å². The maximum absolute atomic E-state index is 11.0. The molecular weight excluding hydrogens is 192 g/mol. The molecule has 3 heteroatoms. The number of aliphatic hydroxyl groups excluding tert-OH is 1. The number of esters is 1. The van der Waals surface area contributed by atoms with E-state index in [1.54, 1.807) is 0 Å². The first-order valence-corrected chi connectivity index (χ1v) is 4.63. The van der Waals surface area contributed by atoms with Gasteiger partial charge in [-0.1, -0.05) is 24.3 Å². The molecular formula is C12H14O3. The van der Waals surface area contributed by atoms with Crippen molar-refractivity contribution in [3.63, 3.8) is 0 Å². The molecule has 0 aromatic heterocycles. The molecule has 0 aliphatic rings. The van der Waals surface area contributed by atoms with Gasteiger partial charge in [-0.3, -0.25) is 0 Å². The Balaban J connectivity index is 2.87. The summed E-state index contributed by atoms with van der Waals surface area (Å²) in [5.41, 5.74) is 2.63. The van der Waals surface area contributed by atoms with E-state index in [9.17, 15) is 4.79 Å². The second-order valence-electron chi connectivity index (χ2n) is 3.21. The van der Waals surface area contributed by atoms with Crippen LogP contribution >= 0.6 is 0 Å². The fourth-order valence-corrected chi connectivity index (χ4v) is 1.19. The molecule has 1 rings (SSSR count). The number of carbonyl (C=O) groups excluding carboxylic acids is 1. The van der Waals surface area contributed by atoms with Gasteiger partial charge in [-0.2, -0.15) is 0 Å². The van der Waals surface area contributed by atoms with Gasteiger partial charge in [0.15, 0.2) is 0 Å². The SMILES string of the molecule is COC(=O)C=C(C)c1ccc(CO)cc1. The van der Waals surface area contributed by atoms with Crippen LogP contribution in [0.25, 0.3) is 5.57 Å². The predicted octanol–water partition coefficient (Wildman–Crippen LogP) is 1.76. The van der Waals surface area contributed by atoms with Gasteiger partial charge in [-0.15, -0.1) is 0 Å². The van der Waals surface area contributed by atoms with Crippen molar-refractivity contribution in [2.75, 3.05) is 7.11 Å². The lowest BCUT2D eigenvalue weighted by Gasteiger charge is -2.02. The third-order valence-corrected chi connectivity index (χ3v) is 2.13. The van der Waals surface area contributed by atoms with Crippen LogP contribution < -0.4 is 0 Å². The van der Waals surface area contributed by atoms with Gasteiger partial charge in [-0.25, -0.2) is 4.79 Å². The zero-order valence-electron chi connectivity index (χ0n) is 8.86. The number of hydrogen-bond donors (Lipinski definition) is 1. The van der Waals surface area contributed by atoms with Crippen molar-refractivity contribution in [1.82, 2.24) is 0 Å². The number of allylic oxidation sites excluding steroid dienone is 1. The number of methoxy groups -OCH3 is 1. The zero-order chi connectivity index (χ0) is 11.3. The summed E-state index contributed by atoms with van der Waals surface area (Å²) in [4.78, 5) is 11.0. The van der Waals surface area contributed by atoms with Crippen molar-refractivity contribution >= 4 is 11.5 Å². The Morgan fingerprint density at radius 1 is 1.40 bits per heavy atom. The molecule has 0 aliphatic carbocycles. The fraction of sp³-hybridized carbons (Fsp3) is 0.250. The van der Waals surface area contributed by atoms with Crippen LogP contribution in [0.1, 0.15) is 18.1 Å². The van der Waals surface area contributed by atoms with Crippen molar-refractivity contribution < 1.29 is 14.6 Å². The second kappa shape index (κ2) is 5.32. The average Bonchev–Trinajstić information content (AvgIpc) is 2.29. The zero-order valence-corrected chi connectivity index (χ0v) is 8.86. The molecule has 0 saturated carbocycles. The quantitative estimate of drug-likeness (QED) is 0.605. The van der Waals surface area contributed by atoms with Crippen LogP contribution in [-0.4, -0.2) is 18.2 Å².